The third-order valence-corrected chi connectivity index (χ3v) is 7.50. The molecule has 0 spiro atoms. The molecule has 6 nitrogen and oxygen atoms in total. The molecule has 0 aliphatic carbocycles. The first-order valence-electron chi connectivity index (χ1n) is 10.6. The number of nitrogens with zero attached hydrogens (tertiary/aromatic N) is 2. The smallest absolute Gasteiger partial charge is 0.243 e. The third kappa shape index (κ3) is 6.32. The van der Waals surface area contributed by atoms with E-state index in [0.717, 1.165) is 5.56 Å². The Bertz CT molecular complexity index is 1420. The van der Waals surface area contributed by atoms with Crippen LogP contribution in [0.15, 0.2) is 99.2 Å². The summed E-state index contributed by atoms with van der Waals surface area (Å²) in [5, 5.41) is 0.915. The van der Waals surface area contributed by atoms with Crippen LogP contribution in [0.3, 0.4) is 0 Å². The van der Waals surface area contributed by atoms with Gasteiger partial charge in [0.2, 0.25) is 10.0 Å². The quantitative estimate of drug-likeness (QED) is 0.225. The van der Waals surface area contributed by atoms with Crippen molar-refractivity contribution in [2.45, 2.75) is 18.0 Å². The number of ether oxygens (including phenoxy) is 1. The lowest BCUT2D eigenvalue weighted by molar-refractivity contribution is 0.357. The van der Waals surface area contributed by atoms with Gasteiger partial charge in [-0.3, -0.25) is 4.99 Å². The van der Waals surface area contributed by atoms with Gasteiger partial charge in [0.05, 0.1) is 35.5 Å². The summed E-state index contributed by atoms with van der Waals surface area (Å²) in [5.41, 5.74) is 1.49. The van der Waals surface area contributed by atoms with Crippen molar-refractivity contribution in [3.05, 3.63) is 112 Å². The van der Waals surface area contributed by atoms with Crippen molar-refractivity contribution in [3.8, 4) is 5.75 Å². The van der Waals surface area contributed by atoms with E-state index < -0.39 is 10.0 Å². The van der Waals surface area contributed by atoms with Crippen LogP contribution in [0, 0.1) is 0 Å². The van der Waals surface area contributed by atoms with Crippen molar-refractivity contribution in [1.29, 1.82) is 0 Å². The molecule has 0 aliphatic rings. The van der Waals surface area contributed by atoms with Gasteiger partial charge in [0.25, 0.3) is 0 Å². The number of sulfonamides is 1. The largest absolute Gasteiger partial charge is 0.495 e. The minimum absolute atomic E-state index is 0.0437. The van der Waals surface area contributed by atoms with Gasteiger partial charge in [-0.25, -0.2) is 8.42 Å². The molecule has 0 amide bonds. The van der Waals surface area contributed by atoms with E-state index in [1.165, 1.54) is 16.4 Å². The average Bonchev–Trinajstić information content (AvgIpc) is 3.31. The number of hydrogen-bond donors (Lipinski definition) is 0. The molecule has 180 valence electrons. The number of hydrogen-bond acceptors (Lipinski definition) is 5. The zero-order chi connectivity index (χ0) is 24.8. The van der Waals surface area contributed by atoms with E-state index in [0.29, 0.717) is 33.0 Å². The lowest BCUT2D eigenvalue weighted by atomic mass is 10.2. The van der Waals surface area contributed by atoms with Crippen molar-refractivity contribution in [1.82, 2.24) is 4.31 Å². The molecule has 0 fully saturated rings. The number of benzene rings is 3. The van der Waals surface area contributed by atoms with Gasteiger partial charge in [-0.05, 0) is 60.2 Å². The summed E-state index contributed by atoms with van der Waals surface area (Å²) in [7, 11) is -2.27. The van der Waals surface area contributed by atoms with Gasteiger partial charge in [-0.15, -0.1) is 0 Å². The molecular formula is C26H22Cl2N2O4S. The minimum Gasteiger partial charge on any atom is -0.495 e. The normalized spacial score (nSPS) is 11.9. The van der Waals surface area contributed by atoms with Crippen molar-refractivity contribution in [2.75, 3.05) is 7.11 Å². The van der Waals surface area contributed by atoms with E-state index in [1.54, 1.807) is 55.8 Å². The minimum atomic E-state index is -3.82. The highest BCUT2D eigenvalue weighted by Gasteiger charge is 2.26. The molecular weight excluding hydrogens is 507 g/mol. The first kappa shape index (κ1) is 25.0. The topological polar surface area (TPSA) is 72.1 Å². The van der Waals surface area contributed by atoms with Crippen LogP contribution in [-0.4, -0.2) is 26.0 Å². The highest BCUT2D eigenvalue weighted by atomic mass is 35.5. The zero-order valence-corrected chi connectivity index (χ0v) is 21.1. The summed E-state index contributed by atoms with van der Waals surface area (Å²) in [6.07, 6.45) is 1.55. The van der Waals surface area contributed by atoms with Crippen molar-refractivity contribution in [2.24, 2.45) is 4.99 Å². The van der Waals surface area contributed by atoms with Gasteiger partial charge in [0.15, 0.2) is 0 Å². The Morgan fingerprint density at radius 2 is 1.69 bits per heavy atom. The summed E-state index contributed by atoms with van der Waals surface area (Å²) >= 11 is 12.1. The van der Waals surface area contributed by atoms with Crippen LogP contribution in [0.1, 0.15) is 17.1 Å². The van der Waals surface area contributed by atoms with Crippen LogP contribution in [0.2, 0.25) is 10.0 Å². The Kier molecular flexibility index (Phi) is 7.93. The van der Waals surface area contributed by atoms with Crippen molar-refractivity contribution in [3.63, 3.8) is 0 Å². The Morgan fingerprint density at radius 1 is 0.943 bits per heavy atom. The highest BCUT2D eigenvalue weighted by molar-refractivity contribution is 7.89. The fraction of sp³-hybridized carbons (Fsp3) is 0.115. The van der Waals surface area contributed by atoms with Crippen LogP contribution in [0.25, 0.3) is 0 Å². The molecule has 0 aliphatic heterocycles. The predicted octanol–water partition coefficient (Wildman–Crippen LogP) is 6.74. The second-order valence-electron chi connectivity index (χ2n) is 7.59. The number of furan rings is 1. The van der Waals surface area contributed by atoms with Crippen LogP contribution >= 0.6 is 23.2 Å². The lowest BCUT2D eigenvalue weighted by Crippen LogP contribution is -2.30. The van der Waals surface area contributed by atoms with Crippen LogP contribution < -0.4 is 4.74 Å². The second-order valence-corrected chi connectivity index (χ2v) is 10.4. The Hall–Kier alpha value is -3.10. The summed E-state index contributed by atoms with van der Waals surface area (Å²) in [6.45, 7) is 0.225. The van der Waals surface area contributed by atoms with Crippen LogP contribution in [0.5, 0.6) is 5.75 Å². The monoisotopic (exact) mass is 528 g/mol. The standard InChI is InChI=1S/C26H22Cl2N2O4S/c1-33-26-14-9-21(15-25(26)28)29-16-22-10-11-23(34-22)18-30(17-19-5-3-2-4-6-19)35(31,32)24-12-7-20(27)8-13-24/h2-16H,17-18H2,1H3. The summed E-state index contributed by atoms with van der Waals surface area (Å²) in [4.78, 5) is 4.53. The number of halogens is 2. The summed E-state index contributed by atoms with van der Waals surface area (Å²) < 4.78 is 39.3. The molecule has 9 heteroatoms. The van der Waals surface area contributed by atoms with Gasteiger partial charge < -0.3 is 9.15 Å². The van der Waals surface area contributed by atoms with E-state index >= 15 is 0 Å². The molecule has 0 unspecified atom stereocenters. The Balaban J connectivity index is 1.56. The fourth-order valence-electron chi connectivity index (χ4n) is 3.36. The SMILES string of the molecule is COc1ccc(N=Cc2ccc(CN(Cc3ccccc3)S(=O)(=O)c3ccc(Cl)cc3)o2)cc1Cl. The molecule has 1 aromatic heterocycles. The molecule has 0 saturated heterocycles. The van der Waals surface area contributed by atoms with Gasteiger partial charge in [0.1, 0.15) is 17.3 Å². The average molecular weight is 529 g/mol. The molecule has 0 radical (unpaired) electrons. The van der Waals surface area contributed by atoms with E-state index in [4.69, 9.17) is 32.4 Å². The van der Waals surface area contributed by atoms with Crippen LogP contribution in [0.4, 0.5) is 5.69 Å². The Labute approximate surface area is 214 Å². The third-order valence-electron chi connectivity index (χ3n) is 5.14. The molecule has 1 heterocycles. The van der Waals surface area contributed by atoms with E-state index in [-0.39, 0.29) is 18.0 Å². The van der Waals surface area contributed by atoms with Crippen molar-refractivity contribution < 1.29 is 17.6 Å². The van der Waals surface area contributed by atoms with Gasteiger partial charge in [-0.1, -0.05) is 53.5 Å². The number of rotatable bonds is 9. The lowest BCUT2D eigenvalue weighted by Gasteiger charge is -2.21. The van der Waals surface area contributed by atoms with Gasteiger partial charge >= 0.3 is 0 Å². The van der Waals surface area contributed by atoms with E-state index in [2.05, 4.69) is 4.99 Å². The summed E-state index contributed by atoms with van der Waals surface area (Å²) in [6, 6.07) is 24.1. The molecule has 0 atom stereocenters. The molecule has 4 aromatic rings. The molecule has 4 rings (SSSR count). The van der Waals surface area contributed by atoms with Gasteiger partial charge in [0, 0.05) is 11.6 Å². The first-order chi connectivity index (χ1) is 16.8. The van der Waals surface area contributed by atoms with Gasteiger partial charge in [-0.2, -0.15) is 4.31 Å². The second kappa shape index (κ2) is 11.1. The molecule has 3 aromatic carbocycles. The maximum absolute atomic E-state index is 13.4. The maximum Gasteiger partial charge on any atom is 0.243 e. The first-order valence-corrected chi connectivity index (χ1v) is 12.8. The molecule has 0 N–H and O–H groups in total. The zero-order valence-electron chi connectivity index (χ0n) is 18.8. The molecule has 35 heavy (non-hydrogen) atoms. The van der Waals surface area contributed by atoms with Crippen LogP contribution in [-0.2, 0) is 23.1 Å². The van der Waals surface area contributed by atoms with Crippen molar-refractivity contribution >= 4 is 45.1 Å². The number of methoxy groups -OCH3 is 1. The fourth-order valence-corrected chi connectivity index (χ4v) is 5.14. The van der Waals surface area contributed by atoms with E-state index in [9.17, 15) is 8.42 Å². The maximum atomic E-state index is 13.4. The molecule has 0 saturated carbocycles. The molecule has 0 bridgehead atoms. The predicted molar refractivity (Wildman–Crippen MR) is 138 cm³/mol. The highest BCUT2D eigenvalue weighted by Crippen LogP contribution is 2.29. The van der Waals surface area contributed by atoms with E-state index in [1.807, 2.05) is 30.3 Å². The Morgan fingerprint density at radius 3 is 2.37 bits per heavy atom. The summed E-state index contributed by atoms with van der Waals surface area (Å²) in [5.74, 6) is 1.52. The number of aliphatic imine (C=N–C) groups is 1.